The van der Waals surface area contributed by atoms with Crippen LogP contribution in [0.1, 0.15) is 12.5 Å². The number of carbonyl (C=O) groups is 1. The molecule has 2 rings (SSSR count). The van der Waals surface area contributed by atoms with Gasteiger partial charge < -0.3 is 10.6 Å². The Kier molecular flexibility index (Phi) is 4.75. The van der Waals surface area contributed by atoms with E-state index in [0.717, 1.165) is 12.1 Å². The Morgan fingerprint density at radius 1 is 1.14 bits per heavy atom. The summed E-state index contributed by atoms with van der Waals surface area (Å²) in [5.74, 6) is -1.96. The van der Waals surface area contributed by atoms with Crippen LogP contribution in [0.2, 0.25) is 5.02 Å². The molecule has 0 saturated carbocycles. The summed E-state index contributed by atoms with van der Waals surface area (Å²) in [7, 11) is 0. The van der Waals surface area contributed by atoms with Crippen LogP contribution in [0.15, 0.2) is 36.4 Å². The van der Waals surface area contributed by atoms with E-state index in [-0.39, 0.29) is 5.91 Å². The van der Waals surface area contributed by atoms with Gasteiger partial charge in [0.15, 0.2) is 11.6 Å². The molecule has 0 aliphatic rings. The minimum atomic E-state index is -0.881. The lowest BCUT2D eigenvalue weighted by Gasteiger charge is -2.10. The molecule has 2 N–H and O–H groups in total. The van der Waals surface area contributed by atoms with Crippen LogP contribution in [0.25, 0.3) is 0 Å². The van der Waals surface area contributed by atoms with Crippen molar-refractivity contribution in [2.45, 2.75) is 13.5 Å². The Hall–Kier alpha value is -2.14. The molecule has 0 saturated heterocycles. The predicted octanol–water partition coefficient (Wildman–Crippen LogP) is 4.19. The molecule has 6 heteroatoms. The molecule has 1 amide bonds. The topological polar surface area (TPSA) is 41.1 Å². The second kappa shape index (κ2) is 6.54. The summed E-state index contributed by atoms with van der Waals surface area (Å²) in [5, 5.41) is 6.03. The summed E-state index contributed by atoms with van der Waals surface area (Å²) in [4.78, 5) is 11.0. The minimum absolute atomic E-state index is 0.209. The molecule has 0 fully saturated rings. The smallest absolute Gasteiger partial charge is 0.221 e. The van der Waals surface area contributed by atoms with E-state index < -0.39 is 11.6 Å². The molecule has 3 nitrogen and oxygen atoms in total. The largest absolute Gasteiger partial charge is 0.381 e. The van der Waals surface area contributed by atoms with Crippen molar-refractivity contribution < 1.29 is 13.6 Å². The van der Waals surface area contributed by atoms with Gasteiger partial charge in [0.25, 0.3) is 0 Å². The fourth-order valence-corrected chi connectivity index (χ4v) is 2.00. The van der Waals surface area contributed by atoms with Crippen LogP contribution in [-0.4, -0.2) is 5.91 Å². The molecule has 2 aromatic rings. The summed E-state index contributed by atoms with van der Waals surface area (Å²) in [5.41, 5.74) is 1.83. The maximum absolute atomic E-state index is 13.1. The zero-order chi connectivity index (χ0) is 15.4. The molecule has 0 heterocycles. The number of amides is 1. The molecule has 110 valence electrons. The molecule has 0 aromatic heterocycles. The fraction of sp³-hybridized carbons (Fsp3) is 0.133. The van der Waals surface area contributed by atoms with Gasteiger partial charge in [-0.1, -0.05) is 17.7 Å². The second-order valence-corrected chi connectivity index (χ2v) is 4.89. The summed E-state index contributed by atoms with van der Waals surface area (Å²) in [6.07, 6.45) is 0. The molecule has 0 bridgehead atoms. The Labute approximate surface area is 125 Å². The number of hydrogen-bond donors (Lipinski definition) is 2. The first-order valence-electron chi connectivity index (χ1n) is 6.20. The maximum Gasteiger partial charge on any atom is 0.221 e. The second-order valence-electron chi connectivity index (χ2n) is 4.48. The van der Waals surface area contributed by atoms with E-state index in [9.17, 15) is 13.6 Å². The SMILES string of the molecule is CC(=O)Nc1ccc(NCc2ccc(F)c(F)c2)cc1Cl. The quantitative estimate of drug-likeness (QED) is 0.889. The van der Waals surface area contributed by atoms with Crippen molar-refractivity contribution in [1.29, 1.82) is 0 Å². The highest BCUT2D eigenvalue weighted by Crippen LogP contribution is 2.25. The van der Waals surface area contributed by atoms with Crippen molar-refractivity contribution in [3.05, 3.63) is 58.6 Å². The highest BCUT2D eigenvalue weighted by atomic mass is 35.5. The zero-order valence-electron chi connectivity index (χ0n) is 11.2. The molecule has 0 aliphatic heterocycles. The van der Waals surface area contributed by atoms with Crippen LogP contribution in [0.5, 0.6) is 0 Å². The van der Waals surface area contributed by atoms with Gasteiger partial charge in [0.05, 0.1) is 10.7 Å². The third-order valence-electron chi connectivity index (χ3n) is 2.76. The van der Waals surface area contributed by atoms with Crippen molar-refractivity contribution in [2.75, 3.05) is 10.6 Å². The molecular formula is C15H13ClF2N2O. The number of anilines is 2. The van der Waals surface area contributed by atoms with Crippen LogP contribution in [0, 0.1) is 11.6 Å². The number of benzene rings is 2. The van der Waals surface area contributed by atoms with Gasteiger partial charge >= 0.3 is 0 Å². The summed E-state index contributed by atoms with van der Waals surface area (Å²) < 4.78 is 25.9. The van der Waals surface area contributed by atoms with Gasteiger partial charge in [-0.25, -0.2) is 8.78 Å². The molecule has 21 heavy (non-hydrogen) atoms. The monoisotopic (exact) mass is 310 g/mol. The molecule has 0 spiro atoms. The van der Waals surface area contributed by atoms with Gasteiger partial charge in [0.1, 0.15) is 0 Å². The first-order valence-corrected chi connectivity index (χ1v) is 6.58. The minimum Gasteiger partial charge on any atom is -0.381 e. The summed E-state index contributed by atoms with van der Waals surface area (Å²) in [6, 6.07) is 8.76. The number of nitrogens with one attached hydrogen (secondary N) is 2. The average Bonchev–Trinajstić information content (AvgIpc) is 2.42. The average molecular weight is 311 g/mol. The number of halogens is 3. The van der Waals surface area contributed by atoms with Gasteiger partial charge in [0.2, 0.25) is 5.91 Å². The first-order chi connectivity index (χ1) is 9.95. The lowest BCUT2D eigenvalue weighted by molar-refractivity contribution is -0.114. The van der Waals surface area contributed by atoms with Gasteiger partial charge in [-0.2, -0.15) is 0 Å². The van der Waals surface area contributed by atoms with Crippen molar-refractivity contribution in [1.82, 2.24) is 0 Å². The fourth-order valence-electron chi connectivity index (χ4n) is 1.77. The maximum atomic E-state index is 13.1. The molecule has 0 radical (unpaired) electrons. The Morgan fingerprint density at radius 3 is 2.52 bits per heavy atom. The van der Waals surface area contributed by atoms with Gasteiger partial charge in [0, 0.05) is 19.2 Å². The first kappa shape index (κ1) is 15.3. The van der Waals surface area contributed by atoms with Crippen molar-refractivity contribution in [3.8, 4) is 0 Å². The van der Waals surface area contributed by atoms with E-state index in [0.29, 0.717) is 28.5 Å². The number of hydrogen-bond acceptors (Lipinski definition) is 2. The predicted molar refractivity (Wildman–Crippen MR) is 79.4 cm³/mol. The van der Waals surface area contributed by atoms with Crippen LogP contribution < -0.4 is 10.6 Å². The highest BCUT2D eigenvalue weighted by Gasteiger charge is 2.05. The van der Waals surface area contributed by atoms with Crippen molar-refractivity contribution in [2.24, 2.45) is 0 Å². The van der Waals surface area contributed by atoms with Crippen LogP contribution >= 0.6 is 11.6 Å². The molecule has 0 unspecified atom stereocenters. The lowest BCUT2D eigenvalue weighted by Crippen LogP contribution is -2.06. The van der Waals surface area contributed by atoms with Crippen LogP contribution in [0.4, 0.5) is 20.2 Å². The zero-order valence-corrected chi connectivity index (χ0v) is 12.0. The number of carbonyl (C=O) groups excluding carboxylic acids is 1. The van der Waals surface area contributed by atoms with Crippen LogP contribution in [0.3, 0.4) is 0 Å². The highest BCUT2D eigenvalue weighted by molar-refractivity contribution is 6.34. The molecular weight excluding hydrogens is 298 g/mol. The van der Waals surface area contributed by atoms with E-state index in [4.69, 9.17) is 11.6 Å². The molecule has 0 atom stereocenters. The van der Waals surface area contributed by atoms with E-state index >= 15 is 0 Å². The van der Waals surface area contributed by atoms with E-state index in [1.807, 2.05) is 0 Å². The third-order valence-corrected chi connectivity index (χ3v) is 3.07. The van der Waals surface area contributed by atoms with Crippen molar-refractivity contribution in [3.63, 3.8) is 0 Å². The third kappa shape index (κ3) is 4.16. The molecule has 0 aliphatic carbocycles. The summed E-state index contributed by atoms with van der Waals surface area (Å²) in [6.45, 7) is 1.72. The van der Waals surface area contributed by atoms with Crippen molar-refractivity contribution >= 4 is 28.9 Å². The Balaban J connectivity index is 2.04. The van der Waals surface area contributed by atoms with E-state index in [1.165, 1.54) is 13.0 Å². The normalized spacial score (nSPS) is 10.3. The van der Waals surface area contributed by atoms with Gasteiger partial charge in [-0.15, -0.1) is 0 Å². The van der Waals surface area contributed by atoms with Gasteiger partial charge in [-0.05, 0) is 35.9 Å². The van der Waals surface area contributed by atoms with Gasteiger partial charge in [-0.3, -0.25) is 4.79 Å². The Morgan fingerprint density at radius 2 is 1.90 bits per heavy atom. The van der Waals surface area contributed by atoms with E-state index in [1.54, 1.807) is 18.2 Å². The molecule has 2 aromatic carbocycles. The lowest BCUT2D eigenvalue weighted by atomic mass is 10.2. The standard InChI is InChI=1S/C15H13ClF2N2O/c1-9(21)20-15-5-3-11(7-12(15)16)19-8-10-2-4-13(17)14(18)6-10/h2-7,19H,8H2,1H3,(H,20,21). The summed E-state index contributed by atoms with van der Waals surface area (Å²) >= 11 is 6.04. The Bertz CT molecular complexity index is 677. The number of rotatable bonds is 4. The van der Waals surface area contributed by atoms with Crippen LogP contribution in [-0.2, 0) is 11.3 Å². The van der Waals surface area contributed by atoms with E-state index in [2.05, 4.69) is 10.6 Å².